The highest BCUT2D eigenvalue weighted by Crippen LogP contribution is 2.15. The molecule has 228 valence electrons. The molecule has 0 saturated carbocycles. The summed E-state index contributed by atoms with van der Waals surface area (Å²) in [6.45, 7) is 3.71. The number of aryl methyl sites for hydroxylation is 2. The van der Waals surface area contributed by atoms with Crippen LogP contribution in [0.25, 0.3) is 0 Å². The maximum absolute atomic E-state index is 13.3. The number of nitrogens with zero attached hydrogens (tertiary/aromatic N) is 1. The Hall–Kier alpha value is -4.45. The second kappa shape index (κ2) is 18.1. The number of alkyl carbamates (subject to hydrolysis) is 1. The van der Waals surface area contributed by atoms with E-state index in [2.05, 4.69) is 15.6 Å². The van der Waals surface area contributed by atoms with E-state index >= 15 is 0 Å². The topological polar surface area (TPSA) is 201 Å². The predicted octanol–water partition coefficient (Wildman–Crippen LogP) is 1.99. The summed E-state index contributed by atoms with van der Waals surface area (Å²) in [4.78, 5) is 55.6. The SMILES string of the molecule is Cc1cccc(C)c1C(=O)OCC(=O)[C@H](CCCCN)NC(=O)[C@H](CCCN=C(N)N)NC(=O)OCc1ccccc1. The second-order valence-electron chi connectivity index (χ2n) is 9.86. The summed E-state index contributed by atoms with van der Waals surface area (Å²) in [6, 6.07) is 12.5. The minimum Gasteiger partial charge on any atom is -0.454 e. The smallest absolute Gasteiger partial charge is 0.408 e. The summed E-state index contributed by atoms with van der Waals surface area (Å²) in [5.74, 6) is -1.78. The Morgan fingerprint density at radius 2 is 1.50 bits per heavy atom. The van der Waals surface area contributed by atoms with Crippen molar-refractivity contribution >= 4 is 29.7 Å². The molecule has 0 spiro atoms. The van der Waals surface area contributed by atoms with Gasteiger partial charge in [0.15, 0.2) is 18.3 Å². The molecular formula is C30H42N6O6. The lowest BCUT2D eigenvalue weighted by Gasteiger charge is -2.23. The van der Waals surface area contributed by atoms with Crippen molar-refractivity contribution in [2.45, 2.75) is 64.6 Å². The van der Waals surface area contributed by atoms with E-state index in [1.807, 2.05) is 24.3 Å². The maximum Gasteiger partial charge on any atom is 0.408 e. The number of nitrogens with one attached hydrogen (secondary N) is 2. The van der Waals surface area contributed by atoms with E-state index in [9.17, 15) is 19.2 Å². The number of hydrogen-bond acceptors (Lipinski definition) is 8. The Kier molecular flexibility index (Phi) is 14.5. The number of nitrogens with two attached hydrogens (primary N) is 3. The standard InChI is InChI=1S/C30H42N6O6/c1-20-10-8-11-21(2)26(20)28(39)41-19-25(37)23(14-6-7-16-31)35-27(38)24(15-9-17-34-29(32)33)36-30(40)42-18-22-12-4-3-5-13-22/h3-5,8,10-13,23-24H,6-7,9,14-19,31H2,1-2H3,(H,35,38)(H,36,40)(H4,32,33,34)/t23-,24-/m0/s1. The van der Waals surface area contributed by atoms with Gasteiger partial charge in [-0.15, -0.1) is 0 Å². The molecule has 2 amide bonds. The molecule has 12 nitrogen and oxygen atoms in total. The first-order valence-corrected chi connectivity index (χ1v) is 13.9. The Morgan fingerprint density at radius 3 is 2.14 bits per heavy atom. The van der Waals surface area contributed by atoms with Crippen molar-refractivity contribution in [2.24, 2.45) is 22.2 Å². The van der Waals surface area contributed by atoms with Gasteiger partial charge in [0, 0.05) is 6.54 Å². The lowest BCUT2D eigenvalue weighted by atomic mass is 10.0. The highest BCUT2D eigenvalue weighted by Gasteiger charge is 2.28. The lowest BCUT2D eigenvalue weighted by Crippen LogP contribution is -2.52. The largest absolute Gasteiger partial charge is 0.454 e. The van der Waals surface area contributed by atoms with Crippen LogP contribution in [0.5, 0.6) is 0 Å². The van der Waals surface area contributed by atoms with E-state index in [4.69, 9.17) is 26.7 Å². The summed E-state index contributed by atoms with van der Waals surface area (Å²) < 4.78 is 10.6. The van der Waals surface area contributed by atoms with Crippen LogP contribution in [0.15, 0.2) is 53.5 Å². The van der Waals surface area contributed by atoms with Crippen molar-refractivity contribution in [3.8, 4) is 0 Å². The van der Waals surface area contributed by atoms with Crippen LogP contribution in [0.4, 0.5) is 4.79 Å². The number of carbonyl (C=O) groups is 4. The molecule has 0 radical (unpaired) electrons. The van der Waals surface area contributed by atoms with Gasteiger partial charge in [0.25, 0.3) is 0 Å². The van der Waals surface area contributed by atoms with Crippen LogP contribution < -0.4 is 27.8 Å². The predicted molar refractivity (Wildman–Crippen MR) is 160 cm³/mol. The molecule has 0 aliphatic heterocycles. The zero-order valence-corrected chi connectivity index (χ0v) is 24.3. The zero-order valence-electron chi connectivity index (χ0n) is 24.3. The molecule has 2 rings (SSSR count). The fourth-order valence-corrected chi connectivity index (χ4v) is 4.20. The fraction of sp³-hybridized carbons (Fsp3) is 0.433. The van der Waals surface area contributed by atoms with Crippen molar-refractivity contribution in [1.29, 1.82) is 0 Å². The molecule has 0 aromatic heterocycles. The van der Waals surface area contributed by atoms with Crippen molar-refractivity contribution in [3.05, 3.63) is 70.8 Å². The fourth-order valence-electron chi connectivity index (χ4n) is 4.20. The third kappa shape index (κ3) is 12.0. The summed E-state index contributed by atoms with van der Waals surface area (Å²) in [5, 5.41) is 5.28. The third-order valence-corrected chi connectivity index (χ3v) is 6.45. The molecule has 8 N–H and O–H groups in total. The zero-order chi connectivity index (χ0) is 30.9. The van der Waals surface area contributed by atoms with Crippen molar-refractivity contribution < 1.29 is 28.7 Å². The van der Waals surface area contributed by atoms with Gasteiger partial charge in [-0.2, -0.15) is 0 Å². The molecule has 0 saturated heterocycles. The van der Waals surface area contributed by atoms with Crippen LogP contribution in [-0.2, 0) is 25.7 Å². The van der Waals surface area contributed by atoms with Crippen molar-refractivity contribution in [1.82, 2.24) is 10.6 Å². The molecular weight excluding hydrogens is 540 g/mol. The lowest BCUT2D eigenvalue weighted by molar-refractivity contribution is -0.130. The highest BCUT2D eigenvalue weighted by molar-refractivity contribution is 5.96. The van der Waals surface area contributed by atoms with Crippen LogP contribution in [0.3, 0.4) is 0 Å². The summed E-state index contributed by atoms with van der Waals surface area (Å²) in [7, 11) is 0. The molecule has 0 aliphatic carbocycles. The number of guanidine groups is 1. The van der Waals surface area contributed by atoms with Gasteiger partial charge in [-0.3, -0.25) is 14.6 Å². The Morgan fingerprint density at radius 1 is 0.833 bits per heavy atom. The molecule has 42 heavy (non-hydrogen) atoms. The number of aliphatic imine (C=N–C) groups is 1. The third-order valence-electron chi connectivity index (χ3n) is 6.45. The summed E-state index contributed by atoms with van der Waals surface area (Å²) in [6.07, 6.45) is 1.21. The van der Waals surface area contributed by atoms with Crippen LogP contribution in [0.2, 0.25) is 0 Å². The molecule has 0 fully saturated rings. The first kappa shape index (κ1) is 33.8. The molecule has 0 bridgehead atoms. The number of ether oxygens (including phenoxy) is 2. The average molecular weight is 583 g/mol. The van der Waals surface area contributed by atoms with Gasteiger partial charge in [-0.25, -0.2) is 9.59 Å². The van der Waals surface area contributed by atoms with E-state index in [-0.39, 0.29) is 32.0 Å². The molecule has 0 heterocycles. The highest BCUT2D eigenvalue weighted by atomic mass is 16.5. The Balaban J connectivity index is 2.09. The van der Waals surface area contributed by atoms with Gasteiger partial charge < -0.3 is 37.3 Å². The minimum absolute atomic E-state index is 0.0148. The number of ketones is 1. The van der Waals surface area contributed by atoms with Gasteiger partial charge in [-0.05, 0) is 69.2 Å². The Bertz CT molecular complexity index is 1200. The quantitative estimate of drug-likeness (QED) is 0.0800. The number of carbonyl (C=O) groups excluding carboxylic acids is 4. The average Bonchev–Trinajstić information content (AvgIpc) is 2.96. The Labute approximate surface area is 246 Å². The van der Waals surface area contributed by atoms with Crippen LogP contribution in [0.1, 0.15) is 59.2 Å². The monoisotopic (exact) mass is 582 g/mol. The number of benzene rings is 2. The number of Topliss-reactive ketones (excluding diaryl/α,β-unsaturated/α-hetero) is 1. The van der Waals surface area contributed by atoms with E-state index in [1.54, 1.807) is 38.1 Å². The minimum atomic E-state index is -1.04. The number of amides is 2. The molecule has 0 unspecified atom stereocenters. The van der Waals surface area contributed by atoms with Crippen LogP contribution in [0, 0.1) is 13.8 Å². The van der Waals surface area contributed by atoms with Crippen molar-refractivity contribution in [3.63, 3.8) is 0 Å². The number of unbranched alkanes of at least 4 members (excludes halogenated alkanes) is 1. The van der Waals surface area contributed by atoms with Gasteiger partial charge in [-0.1, -0.05) is 48.5 Å². The second-order valence-corrected chi connectivity index (χ2v) is 9.86. The molecule has 12 heteroatoms. The van der Waals surface area contributed by atoms with Gasteiger partial charge in [0.05, 0.1) is 11.6 Å². The van der Waals surface area contributed by atoms with E-state index in [0.29, 0.717) is 31.4 Å². The number of rotatable bonds is 17. The van der Waals surface area contributed by atoms with E-state index in [1.165, 1.54) is 0 Å². The van der Waals surface area contributed by atoms with E-state index < -0.39 is 42.4 Å². The molecule has 0 aliphatic rings. The van der Waals surface area contributed by atoms with Crippen LogP contribution in [-0.4, -0.2) is 61.5 Å². The van der Waals surface area contributed by atoms with Gasteiger partial charge >= 0.3 is 12.1 Å². The maximum atomic E-state index is 13.3. The van der Waals surface area contributed by atoms with Gasteiger partial charge in [0.1, 0.15) is 12.6 Å². The molecule has 2 atom stereocenters. The molecule has 2 aromatic carbocycles. The van der Waals surface area contributed by atoms with E-state index in [0.717, 1.165) is 16.7 Å². The van der Waals surface area contributed by atoms with Gasteiger partial charge in [0.2, 0.25) is 5.91 Å². The first-order chi connectivity index (χ1) is 20.1. The first-order valence-electron chi connectivity index (χ1n) is 13.9. The molecule has 2 aromatic rings. The number of hydrogen-bond donors (Lipinski definition) is 5. The summed E-state index contributed by atoms with van der Waals surface area (Å²) in [5.41, 5.74) is 19.0. The van der Waals surface area contributed by atoms with Crippen molar-refractivity contribution in [2.75, 3.05) is 19.7 Å². The normalized spacial score (nSPS) is 12.0. The summed E-state index contributed by atoms with van der Waals surface area (Å²) >= 11 is 0. The number of esters is 1. The van der Waals surface area contributed by atoms with Crippen LogP contribution >= 0.6 is 0 Å².